The molecule has 0 bridgehead atoms. The second-order valence-electron chi connectivity index (χ2n) is 6.01. The molecule has 0 aliphatic heterocycles. The standard InChI is InChI=1S/C22H19FN2O2/c23-17-12-10-16(11-13-17)21(26)14-15-22(27)25-20-9-5-4-8-19(20)24-18-6-2-1-3-7-18/h1-13,24H,14-15H2,(H,25,27). The van der Waals surface area contributed by atoms with E-state index in [2.05, 4.69) is 10.6 Å². The van der Waals surface area contributed by atoms with Crippen molar-refractivity contribution < 1.29 is 14.0 Å². The molecule has 0 aliphatic carbocycles. The second-order valence-corrected chi connectivity index (χ2v) is 6.01. The first-order valence-electron chi connectivity index (χ1n) is 8.61. The van der Waals surface area contributed by atoms with Gasteiger partial charge in [-0.05, 0) is 48.5 Å². The normalized spacial score (nSPS) is 10.3. The molecule has 27 heavy (non-hydrogen) atoms. The van der Waals surface area contributed by atoms with Crippen LogP contribution in [-0.2, 0) is 4.79 Å². The van der Waals surface area contributed by atoms with Gasteiger partial charge in [0.15, 0.2) is 5.78 Å². The Bertz CT molecular complexity index is 925. The lowest BCUT2D eigenvalue weighted by Crippen LogP contribution is -2.14. The Morgan fingerprint density at radius 2 is 1.37 bits per heavy atom. The van der Waals surface area contributed by atoms with Crippen molar-refractivity contribution >= 4 is 28.8 Å². The first kappa shape index (κ1) is 18.3. The second kappa shape index (κ2) is 8.76. The van der Waals surface area contributed by atoms with E-state index in [1.165, 1.54) is 24.3 Å². The summed E-state index contributed by atoms with van der Waals surface area (Å²) in [7, 11) is 0. The molecular formula is C22H19FN2O2. The summed E-state index contributed by atoms with van der Waals surface area (Å²) >= 11 is 0. The lowest BCUT2D eigenvalue weighted by molar-refractivity contribution is -0.116. The van der Waals surface area contributed by atoms with E-state index < -0.39 is 5.82 Å². The number of Topliss-reactive ketones (excluding diaryl/α,β-unsaturated/α-hetero) is 1. The molecule has 3 aromatic carbocycles. The number of amides is 1. The first-order valence-corrected chi connectivity index (χ1v) is 8.61. The Balaban J connectivity index is 1.59. The van der Waals surface area contributed by atoms with Crippen molar-refractivity contribution in [1.29, 1.82) is 0 Å². The van der Waals surface area contributed by atoms with Crippen molar-refractivity contribution in [2.45, 2.75) is 12.8 Å². The zero-order chi connectivity index (χ0) is 19.1. The Labute approximate surface area is 157 Å². The van der Waals surface area contributed by atoms with Gasteiger partial charge in [0.05, 0.1) is 11.4 Å². The van der Waals surface area contributed by atoms with Gasteiger partial charge in [-0.15, -0.1) is 0 Å². The molecule has 0 aliphatic rings. The van der Waals surface area contributed by atoms with Crippen LogP contribution in [0.1, 0.15) is 23.2 Å². The molecule has 0 unspecified atom stereocenters. The highest BCUT2D eigenvalue weighted by molar-refractivity contribution is 6.01. The molecule has 0 atom stereocenters. The highest BCUT2D eigenvalue weighted by Gasteiger charge is 2.11. The molecule has 0 spiro atoms. The SMILES string of the molecule is O=C(CCC(=O)c1ccc(F)cc1)Nc1ccccc1Nc1ccccc1. The molecule has 2 N–H and O–H groups in total. The van der Waals surface area contributed by atoms with Gasteiger partial charge >= 0.3 is 0 Å². The van der Waals surface area contributed by atoms with E-state index >= 15 is 0 Å². The lowest BCUT2D eigenvalue weighted by Gasteiger charge is -2.13. The van der Waals surface area contributed by atoms with Crippen LogP contribution in [0.2, 0.25) is 0 Å². The first-order chi connectivity index (χ1) is 13.1. The number of nitrogens with one attached hydrogen (secondary N) is 2. The molecule has 3 rings (SSSR count). The molecule has 4 nitrogen and oxygen atoms in total. The Hall–Kier alpha value is -3.47. The number of ketones is 1. The molecule has 5 heteroatoms. The zero-order valence-electron chi connectivity index (χ0n) is 14.6. The van der Waals surface area contributed by atoms with Gasteiger partial charge < -0.3 is 10.6 Å². The third-order valence-electron chi connectivity index (χ3n) is 4.00. The molecule has 0 saturated carbocycles. The number of rotatable bonds is 7. The Morgan fingerprint density at radius 3 is 2.07 bits per heavy atom. The minimum Gasteiger partial charge on any atom is -0.354 e. The lowest BCUT2D eigenvalue weighted by atomic mass is 10.1. The highest BCUT2D eigenvalue weighted by atomic mass is 19.1. The molecule has 0 radical (unpaired) electrons. The van der Waals surface area contributed by atoms with E-state index in [0.29, 0.717) is 11.3 Å². The van der Waals surface area contributed by atoms with Gasteiger partial charge in [-0.1, -0.05) is 30.3 Å². The maximum atomic E-state index is 12.9. The monoisotopic (exact) mass is 362 g/mol. The largest absolute Gasteiger partial charge is 0.354 e. The van der Waals surface area contributed by atoms with Gasteiger partial charge in [-0.3, -0.25) is 9.59 Å². The Kier molecular flexibility index (Phi) is 5.94. The molecule has 0 aromatic heterocycles. The van der Waals surface area contributed by atoms with Crippen LogP contribution in [0.4, 0.5) is 21.5 Å². The van der Waals surface area contributed by atoms with E-state index in [0.717, 1.165) is 11.4 Å². The highest BCUT2D eigenvalue weighted by Crippen LogP contribution is 2.25. The quantitative estimate of drug-likeness (QED) is 0.570. The third-order valence-corrected chi connectivity index (χ3v) is 4.00. The van der Waals surface area contributed by atoms with Gasteiger partial charge in [-0.2, -0.15) is 0 Å². The number of halogens is 1. The number of benzene rings is 3. The summed E-state index contributed by atoms with van der Waals surface area (Å²) in [5, 5.41) is 6.09. The van der Waals surface area contributed by atoms with Crippen molar-refractivity contribution in [2.24, 2.45) is 0 Å². The van der Waals surface area contributed by atoms with Gasteiger partial charge in [-0.25, -0.2) is 4.39 Å². The van der Waals surface area contributed by atoms with Crippen LogP contribution in [0, 0.1) is 5.82 Å². The van der Waals surface area contributed by atoms with E-state index in [4.69, 9.17) is 0 Å². The summed E-state index contributed by atoms with van der Waals surface area (Å²) < 4.78 is 12.9. The predicted octanol–water partition coefficient (Wildman–Crippen LogP) is 5.17. The fourth-order valence-electron chi connectivity index (χ4n) is 2.60. The molecule has 0 saturated heterocycles. The number of hydrogen-bond donors (Lipinski definition) is 2. The minimum absolute atomic E-state index is 0.0515. The average molecular weight is 362 g/mol. The fourth-order valence-corrected chi connectivity index (χ4v) is 2.60. The van der Waals surface area contributed by atoms with Crippen molar-refractivity contribution in [1.82, 2.24) is 0 Å². The van der Waals surface area contributed by atoms with E-state index in [1.54, 1.807) is 6.07 Å². The summed E-state index contributed by atoms with van der Waals surface area (Å²) in [5.41, 5.74) is 2.71. The van der Waals surface area contributed by atoms with E-state index in [1.807, 2.05) is 48.5 Å². The van der Waals surface area contributed by atoms with Gasteiger partial charge in [0.1, 0.15) is 5.82 Å². The summed E-state index contributed by atoms with van der Waals surface area (Å²) in [6.07, 6.45) is 0.113. The van der Waals surface area contributed by atoms with E-state index in [9.17, 15) is 14.0 Å². The van der Waals surface area contributed by atoms with Crippen molar-refractivity contribution in [3.05, 3.63) is 90.2 Å². The molecule has 0 fully saturated rings. The topological polar surface area (TPSA) is 58.2 Å². The molecule has 0 heterocycles. The zero-order valence-corrected chi connectivity index (χ0v) is 14.6. The van der Waals surface area contributed by atoms with Crippen LogP contribution in [-0.4, -0.2) is 11.7 Å². The van der Waals surface area contributed by atoms with Crippen molar-refractivity contribution in [3.63, 3.8) is 0 Å². The number of carbonyl (C=O) groups excluding carboxylic acids is 2. The van der Waals surface area contributed by atoms with Gasteiger partial charge in [0.2, 0.25) is 5.91 Å². The molecular weight excluding hydrogens is 343 g/mol. The summed E-state index contributed by atoms with van der Waals surface area (Å²) in [6.45, 7) is 0. The van der Waals surface area contributed by atoms with Crippen LogP contribution in [0.15, 0.2) is 78.9 Å². The van der Waals surface area contributed by atoms with Crippen LogP contribution in [0.25, 0.3) is 0 Å². The van der Waals surface area contributed by atoms with E-state index in [-0.39, 0.29) is 24.5 Å². The number of hydrogen-bond acceptors (Lipinski definition) is 3. The van der Waals surface area contributed by atoms with Crippen molar-refractivity contribution in [3.8, 4) is 0 Å². The molecule has 136 valence electrons. The van der Waals surface area contributed by atoms with Gasteiger partial charge in [0.25, 0.3) is 0 Å². The van der Waals surface area contributed by atoms with Crippen LogP contribution >= 0.6 is 0 Å². The maximum Gasteiger partial charge on any atom is 0.224 e. The summed E-state index contributed by atoms with van der Waals surface area (Å²) in [4.78, 5) is 24.4. The maximum absolute atomic E-state index is 12.9. The minimum atomic E-state index is -0.396. The smallest absolute Gasteiger partial charge is 0.224 e. The number of para-hydroxylation sites is 3. The summed E-state index contributed by atoms with van der Waals surface area (Å²) in [5.74, 6) is -0.847. The number of anilines is 3. The molecule has 3 aromatic rings. The predicted molar refractivity (Wildman–Crippen MR) is 105 cm³/mol. The summed E-state index contributed by atoms with van der Waals surface area (Å²) in [6, 6.07) is 22.3. The Morgan fingerprint density at radius 1 is 0.741 bits per heavy atom. The van der Waals surface area contributed by atoms with Crippen LogP contribution < -0.4 is 10.6 Å². The van der Waals surface area contributed by atoms with Crippen LogP contribution in [0.3, 0.4) is 0 Å². The molecule has 1 amide bonds. The third kappa shape index (κ3) is 5.25. The number of carbonyl (C=O) groups is 2. The van der Waals surface area contributed by atoms with Crippen molar-refractivity contribution in [2.75, 3.05) is 10.6 Å². The average Bonchev–Trinajstić information content (AvgIpc) is 2.69. The van der Waals surface area contributed by atoms with Crippen LogP contribution in [0.5, 0.6) is 0 Å². The van der Waals surface area contributed by atoms with Gasteiger partial charge in [0, 0.05) is 24.1 Å². The fraction of sp³-hybridized carbons (Fsp3) is 0.0909.